The zero-order valence-electron chi connectivity index (χ0n) is 15.5. The molecule has 1 aromatic carbocycles. The van der Waals surface area contributed by atoms with Gasteiger partial charge in [0.15, 0.2) is 5.96 Å². The first kappa shape index (κ1) is 22.4. The van der Waals surface area contributed by atoms with E-state index < -0.39 is 0 Å². The van der Waals surface area contributed by atoms with Crippen molar-refractivity contribution in [3.63, 3.8) is 0 Å². The van der Waals surface area contributed by atoms with Crippen LogP contribution in [0.25, 0.3) is 0 Å². The van der Waals surface area contributed by atoms with Gasteiger partial charge in [-0.25, -0.2) is 4.39 Å². The predicted octanol–water partition coefficient (Wildman–Crippen LogP) is 3.66. The molecule has 8 heteroatoms. The molecule has 0 aromatic heterocycles. The average molecular weight is 553 g/mol. The van der Waals surface area contributed by atoms with Gasteiger partial charge in [0, 0.05) is 38.6 Å². The number of nitrogens with zero attached hydrogens (tertiary/aromatic N) is 2. The van der Waals surface area contributed by atoms with Gasteiger partial charge in [0.05, 0.1) is 4.47 Å². The van der Waals surface area contributed by atoms with E-state index >= 15 is 0 Å². The van der Waals surface area contributed by atoms with Crippen LogP contribution in [0.3, 0.4) is 0 Å². The van der Waals surface area contributed by atoms with Crippen molar-refractivity contribution in [1.82, 2.24) is 15.5 Å². The summed E-state index contributed by atoms with van der Waals surface area (Å²) in [4.78, 5) is 18.8. The normalized spacial score (nSPS) is 20.5. The highest BCUT2D eigenvalue weighted by molar-refractivity contribution is 14.0. The largest absolute Gasteiger partial charge is 0.352 e. The Labute approximate surface area is 185 Å². The highest BCUT2D eigenvalue weighted by Gasteiger charge is 2.32. The fraction of sp³-hybridized carbons (Fsp3) is 0.579. The maximum atomic E-state index is 13.6. The summed E-state index contributed by atoms with van der Waals surface area (Å²) >= 11 is 3.16. The zero-order valence-corrected chi connectivity index (χ0v) is 19.4. The summed E-state index contributed by atoms with van der Waals surface area (Å²) in [6.07, 6.45) is 5.37. The molecule has 1 amide bonds. The van der Waals surface area contributed by atoms with Crippen molar-refractivity contribution in [2.75, 3.05) is 20.1 Å². The smallest absolute Gasteiger partial charge is 0.225 e. The third-order valence-electron chi connectivity index (χ3n) is 5.21. The number of benzene rings is 1. The second-order valence-electron chi connectivity index (χ2n) is 7.07. The summed E-state index contributed by atoms with van der Waals surface area (Å²) in [6, 6.07) is 5.27. The minimum Gasteiger partial charge on any atom is -0.352 e. The molecule has 27 heavy (non-hydrogen) atoms. The highest BCUT2D eigenvalue weighted by Crippen LogP contribution is 2.27. The second kappa shape index (κ2) is 10.6. The maximum Gasteiger partial charge on any atom is 0.225 e. The third-order valence-corrected chi connectivity index (χ3v) is 5.86. The van der Waals surface area contributed by atoms with E-state index in [2.05, 4.69) is 31.6 Å². The standard InChI is InChI=1S/C19H26BrFN4O.HI/c1-22-19(23-11-13-6-7-16(20)17(21)10-13)24-15-8-9-25(12-15)18(26)14-4-2-3-5-14;/h6-7,10,14-15H,2-5,8-9,11-12H2,1H3,(H2,22,23,24);1H. The Morgan fingerprint density at radius 1 is 1.33 bits per heavy atom. The molecule has 150 valence electrons. The lowest BCUT2D eigenvalue weighted by atomic mass is 10.1. The van der Waals surface area contributed by atoms with Crippen molar-refractivity contribution in [2.45, 2.75) is 44.7 Å². The molecule has 1 aromatic rings. The van der Waals surface area contributed by atoms with Crippen molar-refractivity contribution >= 4 is 51.8 Å². The summed E-state index contributed by atoms with van der Waals surface area (Å²) in [6.45, 7) is 2.02. The Bertz CT molecular complexity index is 682. The molecule has 5 nitrogen and oxygen atoms in total. The molecule has 3 rings (SSSR count). The number of halogens is 3. The summed E-state index contributed by atoms with van der Waals surface area (Å²) < 4.78 is 14.1. The quantitative estimate of drug-likeness (QED) is 0.340. The van der Waals surface area contributed by atoms with Crippen LogP contribution >= 0.6 is 39.9 Å². The van der Waals surface area contributed by atoms with Crippen molar-refractivity contribution in [3.05, 3.63) is 34.1 Å². The van der Waals surface area contributed by atoms with Gasteiger partial charge in [-0.3, -0.25) is 9.79 Å². The fourth-order valence-corrected chi connectivity index (χ4v) is 3.98. The van der Waals surface area contributed by atoms with Crippen LogP contribution in [0.15, 0.2) is 27.7 Å². The molecule has 2 aliphatic rings. The number of aliphatic imine (C=N–C) groups is 1. The van der Waals surface area contributed by atoms with Crippen molar-refractivity contribution in [3.8, 4) is 0 Å². The number of hydrogen-bond acceptors (Lipinski definition) is 2. The molecule has 1 atom stereocenters. The van der Waals surface area contributed by atoms with Gasteiger partial charge < -0.3 is 15.5 Å². The molecule has 0 spiro atoms. The van der Waals surface area contributed by atoms with Crippen molar-refractivity contribution < 1.29 is 9.18 Å². The number of guanidine groups is 1. The summed E-state index contributed by atoms with van der Waals surface area (Å²) in [5, 5.41) is 6.59. The van der Waals surface area contributed by atoms with E-state index in [9.17, 15) is 9.18 Å². The number of carbonyl (C=O) groups excluding carboxylic acids is 1. The van der Waals surface area contributed by atoms with Crippen LogP contribution in [0, 0.1) is 11.7 Å². The van der Waals surface area contributed by atoms with Gasteiger partial charge in [-0.1, -0.05) is 18.9 Å². The van der Waals surface area contributed by atoms with Crippen LogP contribution in [-0.4, -0.2) is 42.9 Å². The number of likely N-dealkylation sites (tertiary alicyclic amines) is 1. The Hall–Kier alpha value is -0.900. The molecule has 2 fully saturated rings. The molecule has 1 aliphatic carbocycles. The molecule has 0 radical (unpaired) electrons. The second-order valence-corrected chi connectivity index (χ2v) is 7.92. The molecule has 1 saturated heterocycles. The van der Waals surface area contributed by atoms with E-state index in [-0.39, 0.29) is 41.8 Å². The Morgan fingerprint density at radius 2 is 2.07 bits per heavy atom. The van der Waals surface area contributed by atoms with Crippen LogP contribution in [-0.2, 0) is 11.3 Å². The number of rotatable bonds is 4. The van der Waals surface area contributed by atoms with Crippen LogP contribution < -0.4 is 10.6 Å². The van der Waals surface area contributed by atoms with Gasteiger partial charge in [-0.2, -0.15) is 0 Å². The lowest BCUT2D eigenvalue weighted by Crippen LogP contribution is -2.45. The third kappa shape index (κ3) is 6.04. The zero-order chi connectivity index (χ0) is 18.5. The number of carbonyl (C=O) groups is 1. The SMILES string of the molecule is CN=C(NCc1ccc(Br)c(F)c1)NC1CCN(C(=O)C2CCCC2)C1.I. The van der Waals surface area contributed by atoms with Gasteiger partial charge in [-0.15, -0.1) is 24.0 Å². The Kier molecular flexibility index (Phi) is 8.78. The van der Waals surface area contributed by atoms with Gasteiger partial charge in [0.2, 0.25) is 5.91 Å². The molecular weight excluding hydrogens is 526 g/mol. The number of amides is 1. The minimum absolute atomic E-state index is 0. The molecule has 1 heterocycles. The minimum atomic E-state index is -0.274. The van der Waals surface area contributed by atoms with Crippen molar-refractivity contribution in [2.24, 2.45) is 10.9 Å². The summed E-state index contributed by atoms with van der Waals surface area (Å²) in [5.41, 5.74) is 0.845. The molecule has 0 bridgehead atoms. The summed E-state index contributed by atoms with van der Waals surface area (Å²) in [5.74, 6) is 0.955. The molecule has 1 saturated carbocycles. The van der Waals surface area contributed by atoms with Crippen LogP contribution in [0.5, 0.6) is 0 Å². The van der Waals surface area contributed by atoms with Gasteiger partial charge in [0.25, 0.3) is 0 Å². The van der Waals surface area contributed by atoms with Gasteiger partial charge >= 0.3 is 0 Å². The lowest BCUT2D eigenvalue weighted by molar-refractivity contribution is -0.134. The van der Waals surface area contributed by atoms with Gasteiger partial charge in [0.1, 0.15) is 5.82 Å². The maximum absolute atomic E-state index is 13.6. The molecular formula is C19H27BrFIN4O. The van der Waals surface area contributed by atoms with Crippen LogP contribution in [0.1, 0.15) is 37.7 Å². The lowest BCUT2D eigenvalue weighted by Gasteiger charge is -2.21. The first-order valence-corrected chi connectivity index (χ1v) is 10.1. The van der Waals surface area contributed by atoms with Crippen LogP contribution in [0.4, 0.5) is 4.39 Å². The van der Waals surface area contributed by atoms with E-state index in [0.717, 1.165) is 37.9 Å². The molecule has 1 unspecified atom stereocenters. The Balaban J connectivity index is 0.00000261. The van der Waals surface area contributed by atoms with E-state index in [0.29, 0.717) is 22.9 Å². The topological polar surface area (TPSA) is 56.7 Å². The fourth-order valence-electron chi connectivity index (χ4n) is 3.73. The average Bonchev–Trinajstić information content (AvgIpc) is 3.33. The Morgan fingerprint density at radius 3 is 2.74 bits per heavy atom. The number of nitrogens with one attached hydrogen (secondary N) is 2. The summed E-state index contributed by atoms with van der Waals surface area (Å²) in [7, 11) is 1.72. The first-order valence-electron chi connectivity index (χ1n) is 9.26. The van der Waals surface area contributed by atoms with E-state index in [4.69, 9.17) is 0 Å². The predicted molar refractivity (Wildman–Crippen MR) is 120 cm³/mol. The van der Waals surface area contributed by atoms with Crippen molar-refractivity contribution in [1.29, 1.82) is 0 Å². The van der Waals surface area contributed by atoms with Crippen LogP contribution in [0.2, 0.25) is 0 Å². The van der Waals surface area contributed by atoms with E-state index in [1.165, 1.54) is 18.9 Å². The highest BCUT2D eigenvalue weighted by atomic mass is 127. The number of hydrogen-bond donors (Lipinski definition) is 2. The monoisotopic (exact) mass is 552 g/mol. The van der Waals surface area contributed by atoms with E-state index in [1.807, 2.05) is 11.0 Å². The van der Waals surface area contributed by atoms with Gasteiger partial charge in [-0.05, 0) is 52.9 Å². The van der Waals surface area contributed by atoms with E-state index in [1.54, 1.807) is 13.1 Å². The molecule has 1 aliphatic heterocycles. The first-order chi connectivity index (χ1) is 12.6. The molecule has 2 N–H and O–H groups in total.